The second-order valence-corrected chi connectivity index (χ2v) is 6.82. The lowest BCUT2D eigenvalue weighted by atomic mass is 10.1. The molecule has 0 aliphatic rings. The van der Waals surface area contributed by atoms with Crippen molar-refractivity contribution >= 4 is 15.7 Å². The SMILES string of the molecule is CCCCCCCCNc1cccc(S(=O)(=O)NC)c1. The van der Waals surface area contributed by atoms with Crippen molar-refractivity contribution in [3.05, 3.63) is 24.3 Å². The summed E-state index contributed by atoms with van der Waals surface area (Å²) in [6, 6.07) is 6.92. The minimum absolute atomic E-state index is 0.299. The summed E-state index contributed by atoms with van der Waals surface area (Å²) in [7, 11) is -1.93. The number of hydrogen-bond acceptors (Lipinski definition) is 3. The first-order valence-electron chi connectivity index (χ1n) is 7.37. The lowest BCUT2D eigenvalue weighted by Crippen LogP contribution is -2.18. The van der Waals surface area contributed by atoms with E-state index in [-0.39, 0.29) is 0 Å². The molecule has 0 unspecified atom stereocenters. The molecule has 4 nitrogen and oxygen atoms in total. The summed E-state index contributed by atoms with van der Waals surface area (Å²) >= 11 is 0. The van der Waals surface area contributed by atoms with E-state index in [0.717, 1.165) is 18.7 Å². The van der Waals surface area contributed by atoms with Crippen molar-refractivity contribution in [2.45, 2.75) is 50.3 Å². The van der Waals surface area contributed by atoms with Crippen LogP contribution in [-0.2, 0) is 10.0 Å². The summed E-state index contributed by atoms with van der Waals surface area (Å²) in [4.78, 5) is 0.299. The molecule has 0 saturated carbocycles. The fourth-order valence-electron chi connectivity index (χ4n) is 2.03. The van der Waals surface area contributed by atoms with Crippen LogP contribution in [-0.4, -0.2) is 22.0 Å². The molecule has 114 valence electrons. The molecule has 0 aromatic heterocycles. The molecule has 0 aliphatic carbocycles. The van der Waals surface area contributed by atoms with Gasteiger partial charge in [0.25, 0.3) is 0 Å². The van der Waals surface area contributed by atoms with Gasteiger partial charge in [0.1, 0.15) is 0 Å². The minimum atomic E-state index is -3.36. The zero-order chi connectivity index (χ0) is 14.8. The second kappa shape index (κ2) is 8.97. The van der Waals surface area contributed by atoms with Gasteiger partial charge in [0.2, 0.25) is 10.0 Å². The van der Waals surface area contributed by atoms with Gasteiger partial charge in [0.15, 0.2) is 0 Å². The zero-order valence-electron chi connectivity index (χ0n) is 12.5. The molecule has 5 heteroatoms. The molecule has 1 aromatic rings. The largest absolute Gasteiger partial charge is 0.385 e. The Hall–Kier alpha value is -1.07. The van der Waals surface area contributed by atoms with Crippen molar-refractivity contribution < 1.29 is 8.42 Å². The van der Waals surface area contributed by atoms with E-state index in [0.29, 0.717) is 4.90 Å². The summed E-state index contributed by atoms with van der Waals surface area (Å²) in [6.45, 7) is 3.10. The van der Waals surface area contributed by atoms with E-state index < -0.39 is 10.0 Å². The Kier molecular flexibility index (Phi) is 7.62. The Bertz CT molecular complexity index is 486. The standard InChI is InChI=1S/C15H26N2O2S/c1-3-4-5-6-7-8-12-17-14-10-9-11-15(13-14)20(18,19)16-2/h9-11,13,16-17H,3-8,12H2,1-2H3. The Labute approximate surface area is 123 Å². The van der Waals surface area contributed by atoms with Gasteiger partial charge in [-0.2, -0.15) is 0 Å². The quantitative estimate of drug-likeness (QED) is 0.651. The van der Waals surface area contributed by atoms with Crippen molar-refractivity contribution in [3.63, 3.8) is 0 Å². The highest BCUT2D eigenvalue weighted by Crippen LogP contribution is 2.15. The fourth-order valence-corrected chi connectivity index (χ4v) is 2.80. The van der Waals surface area contributed by atoms with Gasteiger partial charge in [-0.05, 0) is 31.7 Å². The van der Waals surface area contributed by atoms with Crippen LogP contribution in [0.5, 0.6) is 0 Å². The lowest BCUT2D eigenvalue weighted by Gasteiger charge is -2.08. The van der Waals surface area contributed by atoms with Gasteiger partial charge in [0.05, 0.1) is 4.90 Å². The first kappa shape index (κ1) is 17.0. The first-order chi connectivity index (χ1) is 9.60. The van der Waals surface area contributed by atoms with Gasteiger partial charge in [-0.25, -0.2) is 13.1 Å². The molecule has 0 spiro atoms. The third-order valence-electron chi connectivity index (χ3n) is 3.27. The molecular formula is C15H26N2O2S. The Morgan fingerprint density at radius 1 is 1.05 bits per heavy atom. The predicted octanol–water partition coefficient (Wildman–Crippen LogP) is 3.37. The number of rotatable bonds is 10. The maximum absolute atomic E-state index is 11.7. The topological polar surface area (TPSA) is 58.2 Å². The summed E-state index contributed by atoms with van der Waals surface area (Å²) in [5.74, 6) is 0. The Balaban J connectivity index is 2.36. The Morgan fingerprint density at radius 3 is 2.45 bits per heavy atom. The maximum Gasteiger partial charge on any atom is 0.240 e. The molecule has 0 atom stereocenters. The molecule has 0 amide bonds. The molecule has 0 saturated heterocycles. The van der Waals surface area contributed by atoms with E-state index in [1.54, 1.807) is 18.2 Å². The third kappa shape index (κ3) is 5.92. The zero-order valence-corrected chi connectivity index (χ0v) is 13.3. The monoisotopic (exact) mass is 298 g/mol. The predicted molar refractivity (Wildman–Crippen MR) is 84.6 cm³/mol. The van der Waals surface area contributed by atoms with E-state index in [1.807, 2.05) is 6.07 Å². The third-order valence-corrected chi connectivity index (χ3v) is 4.68. The number of sulfonamides is 1. The van der Waals surface area contributed by atoms with Crippen molar-refractivity contribution in [2.75, 3.05) is 18.9 Å². The van der Waals surface area contributed by atoms with Crippen LogP contribution in [0.15, 0.2) is 29.2 Å². The number of anilines is 1. The van der Waals surface area contributed by atoms with Crippen LogP contribution in [0.3, 0.4) is 0 Å². The van der Waals surface area contributed by atoms with E-state index in [9.17, 15) is 8.42 Å². The number of benzene rings is 1. The van der Waals surface area contributed by atoms with Crippen molar-refractivity contribution in [3.8, 4) is 0 Å². The highest BCUT2D eigenvalue weighted by Gasteiger charge is 2.10. The normalized spacial score (nSPS) is 11.5. The van der Waals surface area contributed by atoms with Gasteiger partial charge in [-0.15, -0.1) is 0 Å². The van der Waals surface area contributed by atoms with Crippen LogP contribution < -0.4 is 10.0 Å². The molecule has 0 radical (unpaired) electrons. The van der Waals surface area contributed by atoms with Crippen LogP contribution in [0.4, 0.5) is 5.69 Å². The highest BCUT2D eigenvalue weighted by molar-refractivity contribution is 7.89. The van der Waals surface area contributed by atoms with Gasteiger partial charge in [-0.3, -0.25) is 0 Å². The summed E-state index contributed by atoms with van der Waals surface area (Å²) in [5, 5.41) is 3.28. The summed E-state index contributed by atoms with van der Waals surface area (Å²) in [5.41, 5.74) is 0.856. The molecule has 20 heavy (non-hydrogen) atoms. The van der Waals surface area contributed by atoms with Crippen molar-refractivity contribution in [2.24, 2.45) is 0 Å². The van der Waals surface area contributed by atoms with E-state index in [1.165, 1.54) is 39.2 Å². The highest BCUT2D eigenvalue weighted by atomic mass is 32.2. The maximum atomic E-state index is 11.7. The number of unbranched alkanes of at least 4 members (excludes halogenated alkanes) is 5. The van der Waals surface area contributed by atoms with Gasteiger partial charge < -0.3 is 5.32 Å². The van der Waals surface area contributed by atoms with Crippen molar-refractivity contribution in [1.82, 2.24) is 4.72 Å². The van der Waals surface area contributed by atoms with Gasteiger partial charge >= 0.3 is 0 Å². The minimum Gasteiger partial charge on any atom is -0.385 e. The first-order valence-corrected chi connectivity index (χ1v) is 8.86. The van der Waals surface area contributed by atoms with Crippen LogP contribution >= 0.6 is 0 Å². The summed E-state index contributed by atoms with van der Waals surface area (Å²) < 4.78 is 25.7. The van der Waals surface area contributed by atoms with E-state index in [4.69, 9.17) is 0 Å². The Morgan fingerprint density at radius 2 is 1.75 bits per heavy atom. The number of nitrogens with one attached hydrogen (secondary N) is 2. The van der Waals surface area contributed by atoms with Gasteiger partial charge in [-0.1, -0.05) is 45.1 Å². The summed E-state index contributed by atoms with van der Waals surface area (Å²) in [6.07, 6.45) is 7.52. The molecule has 0 bridgehead atoms. The van der Waals surface area contributed by atoms with E-state index >= 15 is 0 Å². The van der Waals surface area contributed by atoms with Crippen molar-refractivity contribution in [1.29, 1.82) is 0 Å². The lowest BCUT2D eigenvalue weighted by molar-refractivity contribution is 0.588. The molecule has 0 heterocycles. The van der Waals surface area contributed by atoms with Crippen LogP contribution in [0.25, 0.3) is 0 Å². The molecule has 1 aromatic carbocycles. The molecule has 0 aliphatic heterocycles. The molecule has 2 N–H and O–H groups in total. The molecular weight excluding hydrogens is 272 g/mol. The smallest absolute Gasteiger partial charge is 0.240 e. The number of hydrogen-bond donors (Lipinski definition) is 2. The van der Waals surface area contributed by atoms with Crippen LogP contribution in [0.1, 0.15) is 45.4 Å². The second-order valence-electron chi connectivity index (χ2n) is 4.93. The molecule has 1 rings (SSSR count). The molecule has 0 fully saturated rings. The van der Waals surface area contributed by atoms with Gasteiger partial charge in [0, 0.05) is 12.2 Å². The van der Waals surface area contributed by atoms with E-state index in [2.05, 4.69) is 17.0 Å². The van der Waals surface area contributed by atoms with Crippen LogP contribution in [0.2, 0.25) is 0 Å². The average Bonchev–Trinajstić information content (AvgIpc) is 2.46. The fraction of sp³-hybridized carbons (Fsp3) is 0.600. The average molecular weight is 298 g/mol. The van der Waals surface area contributed by atoms with Crippen LogP contribution in [0, 0.1) is 0 Å².